The Labute approximate surface area is 88.4 Å². The Morgan fingerprint density at radius 1 is 1.47 bits per heavy atom. The molecule has 1 N–H and O–H groups in total. The highest BCUT2D eigenvalue weighted by molar-refractivity contribution is 5.71. The fourth-order valence-electron chi connectivity index (χ4n) is 1.63. The second-order valence-corrected chi connectivity index (χ2v) is 3.62. The lowest BCUT2D eigenvalue weighted by Crippen LogP contribution is -2.54. The number of hydrogen-bond acceptors (Lipinski definition) is 4. The van der Waals surface area contributed by atoms with Crippen molar-refractivity contribution in [3.8, 4) is 0 Å². The standard InChI is InChI=1S/C9H16N2O4/c1-7-5-11(9(13)14)4-3-10(7)6-8(12)15-2/h7H,3-6H2,1-2H3,(H,13,14)/t7-/m1/s1. The molecule has 0 bridgehead atoms. The van der Waals surface area contributed by atoms with E-state index < -0.39 is 6.09 Å². The van der Waals surface area contributed by atoms with Crippen LogP contribution in [0.15, 0.2) is 0 Å². The maximum absolute atomic E-state index is 11.0. The van der Waals surface area contributed by atoms with Crippen LogP contribution in [0.25, 0.3) is 0 Å². The topological polar surface area (TPSA) is 70.1 Å². The van der Waals surface area contributed by atoms with Crippen molar-refractivity contribution >= 4 is 12.1 Å². The maximum atomic E-state index is 11.0. The van der Waals surface area contributed by atoms with Gasteiger partial charge in [0.2, 0.25) is 0 Å². The van der Waals surface area contributed by atoms with Crippen LogP contribution >= 0.6 is 0 Å². The summed E-state index contributed by atoms with van der Waals surface area (Å²) in [5, 5.41) is 8.79. The highest BCUT2D eigenvalue weighted by atomic mass is 16.5. The summed E-state index contributed by atoms with van der Waals surface area (Å²) >= 11 is 0. The third kappa shape index (κ3) is 3.09. The first-order valence-electron chi connectivity index (χ1n) is 4.83. The lowest BCUT2D eigenvalue weighted by molar-refractivity contribution is -0.143. The fraction of sp³-hybridized carbons (Fsp3) is 0.778. The molecule has 1 atom stereocenters. The molecule has 1 saturated heterocycles. The van der Waals surface area contributed by atoms with Gasteiger partial charge in [-0.25, -0.2) is 4.79 Å². The van der Waals surface area contributed by atoms with Gasteiger partial charge in [-0.05, 0) is 6.92 Å². The number of esters is 1. The van der Waals surface area contributed by atoms with Gasteiger partial charge in [-0.2, -0.15) is 0 Å². The minimum absolute atomic E-state index is 0.0500. The molecule has 0 aromatic heterocycles. The average molecular weight is 216 g/mol. The molecule has 1 heterocycles. The first-order valence-corrected chi connectivity index (χ1v) is 4.83. The van der Waals surface area contributed by atoms with Gasteiger partial charge >= 0.3 is 12.1 Å². The summed E-state index contributed by atoms with van der Waals surface area (Å²) in [6, 6.07) is 0.0500. The highest BCUT2D eigenvalue weighted by Crippen LogP contribution is 2.09. The number of ether oxygens (including phenoxy) is 1. The van der Waals surface area contributed by atoms with Crippen molar-refractivity contribution < 1.29 is 19.4 Å². The van der Waals surface area contributed by atoms with E-state index in [0.717, 1.165) is 0 Å². The Kier molecular flexibility index (Phi) is 3.90. The average Bonchev–Trinajstić information content (AvgIpc) is 2.20. The molecule has 0 aliphatic carbocycles. The zero-order chi connectivity index (χ0) is 11.4. The zero-order valence-corrected chi connectivity index (χ0v) is 8.97. The van der Waals surface area contributed by atoms with Crippen LogP contribution in [-0.2, 0) is 9.53 Å². The Morgan fingerprint density at radius 2 is 2.13 bits per heavy atom. The van der Waals surface area contributed by atoms with Crippen molar-refractivity contribution in [2.75, 3.05) is 33.3 Å². The molecule has 0 saturated carbocycles. The van der Waals surface area contributed by atoms with Gasteiger partial charge in [-0.3, -0.25) is 9.69 Å². The normalized spacial score (nSPS) is 22.5. The van der Waals surface area contributed by atoms with Crippen LogP contribution in [0.5, 0.6) is 0 Å². The summed E-state index contributed by atoms with van der Waals surface area (Å²) in [4.78, 5) is 25.0. The number of piperazine rings is 1. The number of carboxylic acid groups (broad SMARTS) is 1. The Hall–Kier alpha value is -1.30. The lowest BCUT2D eigenvalue weighted by Gasteiger charge is -2.37. The first kappa shape index (κ1) is 11.8. The van der Waals surface area contributed by atoms with Crippen molar-refractivity contribution in [3.63, 3.8) is 0 Å². The molecule has 6 nitrogen and oxygen atoms in total. The molecule has 1 aliphatic heterocycles. The van der Waals surface area contributed by atoms with Crippen LogP contribution in [0.3, 0.4) is 0 Å². The molecule has 15 heavy (non-hydrogen) atoms. The van der Waals surface area contributed by atoms with Crippen LogP contribution in [-0.4, -0.2) is 66.3 Å². The number of carbonyl (C=O) groups is 2. The molecule has 0 spiro atoms. The number of hydrogen-bond donors (Lipinski definition) is 1. The lowest BCUT2D eigenvalue weighted by atomic mass is 10.2. The fourth-order valence-corrected chi connectivity index (χ4v) is 1.63. The van der Waals surface area contributed by atoms with Crippen molar-refractivity contribution in [2.24, 2.45) is 0 Å². The van der Waals surface area contributed by atoms with Gasteiger partial charge < -0.3 is 14.7 Å². The number of amides is 1. The molecule has 1 aliphatic rings. The van der Waals surface area contributed by atoms with Gasteiger partial charge in [0.05, 0.1) is 13.7 Å². The Bertz CT molecular complexity index is 256. The van der Waals surface area contributed by atoms with E-state index in [4.69, 9.17) is 5.11 Å². The second-order valence-electron chi connectivity index (χ2n) is 3.62. The van der Waals surface area contributed by atoms with E-state index in [9.17, 15) is 9.59 Å². The van der Waals surface area contributed by atoms with Crippen molar-refractivity contribution in [1.82, 2.24) is 9.80 Å². The van der Waals surface area contributed by atoms with E-state index in [2.05, 4.69) is 4.74 Å². The summed E-state index contributed by atoms with van der Waals surface area (Å²) in [7, 11) is 1.35. The summed E-state index contributed by atoms with van der Waals surface area (Å²) in [6.45, 7) is 3.58. The quantitative estimate of drug-likeness (QED) is 0.650. The predicted octanol–water partition coefficient (Wildman–Crippen LogP) is -0.156. The molecular formula is C9H16N2O4. The van der Waals surface area contributed by atoms with E-state index >= 15 is 0 Å². The Morgan fingerprint density at radius 3 is 2.60 bits per heavy atom. The van der Waals surface area contributed by atoms with E-state index in [1.54, 1.807) is 0 Å². The number of methoxy groups -OCH3 is 1. The monoisotopic (exact) mass is 216 g/mol. The molecule has 6 heteroatoms. The van der Waals surface area contributed by atoms with Gasteiger partial charge in [0.25, 0.3) is 0 Å². The molecule has 1 rings (SSSR count). The van der Waals surface area contributed by atoms with Gasteiger partial charge in [0.1, 0.15) is 0 Å². The minimum Gasteiger partial charge on any atom is -0.468 e. The van der Waals surface area contributed by atoms with E-state index in [0.29, 0.717) is 19.6 Å². The molecule has 0 aromatic carbocycles. The summed E-state index contributed by atoms with van der Waals surface area (Å²) in [5.41, 5.74) is 0. The van der Waals surface area contributed by atoms with Gasteiger partial charge in [-0.1, -0.05) is 0 Å². The molecule has 0 radical (unpaired) electrons. The number of nitrogens with zero attached hydrogens (tertiary/aromatic N) is 2. The van der Waals surface area contributed by atoms with Gasteiger partial charge in [0.15, 0.2) is 0 Å². The third-order valence-corrected chi connectivity index (χ3v) is 2.60. The highest BCUT2D eigenvalue weighted by Gasteiger charge is 2.27. The van der Waals surface area contributed by atoms with E-state index in [1.807, 2.05) is 11.8 Å². The van der Waals surface area contributed by atoms with E-state index in [1.165, 1.54) is 12.0 Å². The molecule has 0 aromatic rings. The Balaban J connectivity index is 2.45. The molecular weight excluding hydrogens is 200 g/mol. The molecule has 86 valence electrons. The van der Waals surface area contributed by atoms with E-state index in [-0.39, 0.29) is 18.6 Å². The molecule has 1 amide bonds. The molecule has 0 unspecified atom stereocenters. The summed E-state index contributed by atoms with van der Waals surface area (Å²) in [5.74, 6) is -0.286. The third-order valence-electron chi connectivity index (χ3n) is 2.60. The van der Waals surface area contributed by atoms with Gasteiger partial charge in [-0.15, -0.1) is 0 Å². The number of rotatable bonds is 2. The predicted molar refractivity (Wildman–Crippen MR) is 52.6 cm³/mol. The largest absolute Gasteiger partial charge is 0.468 e. The second kappa shape index (κ2) is 4.97. The SMILES string of the molecule is COC(=O)CN1CCN(C(=O)O)C[C@H]1C. The van der Waals surface area contributed by atoms with Crippen LogP contribution in [0, 0.1) is 0 Å². The van der Waals surface area contributed by atoms with Crippen LogP contribution in [0.2, 0.25) is 0 Å². The van der Waals surface area contributed by atoms with Crippen molar-refractivity contribution in [1.29, 1.82) is 0 Å². The van der Waals surface area contributed by atoms with Crippen LogP contribution < -0.4 is 0 Å². The van der Waals surface area contributed by atoms with Crippen molar-refractivity contribution in [3.05, 3.63) is 0 Å². The first-order chi connectivity index (χ1) is 7.04. The summed E-state index contributed by atoms with van der Waals surface area (Å²) in [6.07, 6.45) is -0.903. The molecule has 1 fully saturated rings. The zero-order valence-electron chi connectivity index (χ0n) is 8.97. The summed E-state index contributed by atoms with van der Waals surface area (Å²) < 4.78 is 4.57. The van der Waals surface area contributed by atoms with Crippen LogP contribution in [0.4, 0.5) is 4.79 Å². The minimum atomic E-state index is -0.903. The van der Waals surface area contributed by atoms with Crippen LogP contribution in [0.1, 0.15) is 6.92 Å². The number of carbonyl (C=O) groups excluding carboxylic acids is 1. The smallest absolute Gasteiger partial charge is 0.407 e. The maximum Gasteiger partial charge on any atom is 0.407 e. The van der Waals surface area contributed by atoms with Gasteiger partial charge in [0, 0.05) is 25.7 Å². The van der Waals surface area contributed by atoms with Crippen molar-refractivity contribution in [2.45, 2.75) is 13.0 Å².